The second-order valence-electron chi connectivity index (χ2n) is 5.37. The minimum absolute atomic E-state index is 0.0845. The standard InChI is InChI=1S/C13H23N3O2S2/c1-10(9-16-5-3-4-6-16)15-20(17,18)13-7-12(8-14)19-11(13)2/h7,10,15H,3-6,8-9,14H2,1-2H3. The quantitative estimate of drug-likeness (QED) is 0.829. The minimum Gasteiger partial charge on any atom is -0.326 e. The van der Waals surface area contributed by atoms with Crippen LogP contribution in [0.3, 0.4) is 0 Å². The zero-order valence-corrected chi connectivity index (χ0v) is 13.7. The molecule has 0 aliphatic carbocycles. The Balaban J connectivity index is 2.03. The highest BCUT2D eigenvalue weighted by Gasteiger charge is 2.23. The van der Waals surface area contributed by atoms with Crippen molar-refractivity contribution < 1.29 is 8.42 Å². The van der Waals surface area contributed by atoms with Crippen molar-refractivity contribution >= 4 is 21.4 Å². The van der Waals surface area contributed by atoms with Crippen LogP contribution in [0.25, 0.3) is 0 Å². The normalized spacial score (nSPS) is 18.6. The lowest BCUT2D eigenvalue weighted by atomic mass is 10.3. The Morgan fingerprint density at radius 3 is 2.65 bits per heavy atom. The first-order valence-corrected chi connectivity index (χ1v) is 9.26. The van der Waals surface area contributed by atoms with Crippen LogP contribution in [0.1, 0.15) is 29.5 Å². The highest BCUT2D eigenvalue weighted by molar-refractivity contribution is 7.89. The summed E-state index contributed by atoms with van der Waals surface area (Å²) < 4.78 is 27.6. The van der Waals surface area contributed by atoms with Gasteiger partial charge in [0.05, 0.1) is 4.90 Å². The van der Waals surface area contributed by atoms with Crippen LogP contribution in [-0.4, -0.2) is 39.0 Å². The first-order chi connectivity index (χ1) is 9.42. The van der Waals surface area contributed by atoms with Gasteiger partial charge in [-0.15, -0.1) is 11.3 Å². The highest BCUT2D eigenvalue weighted by Crippen LogP contribution is 2.25. The SMILES string of the molecule is Cc1sc(CN)cc1S(=O)(=O)NC(C)CN1CCCC1. The monoisotopic (exact) mass is 317 g/mol. The molecule has 2 rings (SSSR count). The number of thiophene rings is 1. The highest BCUT2D eigenvalue weighted by atomic mass is 32.2. The summed E-state index contributed by atoms with van der Waals surface area (Å²) in [6.45, 7) is 7.03. The fraction of sp³-hybridized carbons (Fsp3) is 0.692. The van der Waals surface area contributed by atoms with Gasteiger partial charge < -0.3 is 10.6 Å². The fourth-order valence-electron chi connectivity index (χ4n) is 2.61. The van der Waals surface area contributed by atoms with E-state index in [1.54, 1.807) is 6.07 Å². The third-order valence-electron chi connectivity index (χ3n) is 3.50. The van der Waals surface area contributed by atoms with Crippen molar-refractivity contribution in [1.82, 2.24) is 9.62 Å². The molecular formula is C13H23N3O2S2. The fourth-order valence-corrected chi connectivity index (χ4v) is 5.36. The molecule has 1 aromatic rings. The summed E-state index contributed by atoms with van der Waals surface area (Å²) in [6, 6.07) is 1.60. The topological polar surface area (TPSA) is 75.4 Å². The molecule has 3 N–H and O–H groups in total. The van der Waals surface area contributed by atoms with Gasteiger partial charge in [0, 0.05) is 28.9 Å². The van der Waals surface area contributed by atoms with E-state index in [4.69, 9.17) is 5.73 Å². The van der Waals surface area contributed by atoms with E-state index in [2.05, 4.69) is 9.62 Å². The van der Waals surface area contributed by atoms with Gasteiger partial charge in [0.1, 0.15) is 0 Å². The van der Waals surface area contributed by atoms with Crippen LogP contribution >= 0.6 is 11.3 Å². The first kappa shape index (κ1) is 15.9. The van der Waals surface area contributed by atoms with E-state index in [1.807, 2.05) is 13.8 Å². The molecule has 114 valence electrons. The van der Waals surface area contributed by atoms with Crippen molar-refractivity contribution in [3.05, 3.63) is 15.8 Å². The molecule has 1 aliphatic heterocycles. The number of aryl methyl sites for hydroxylation is 1. The molecule has 1 aromatic heterocycles. The number of rotatable bonds is 6. The van der Waals surface area contributed by atoms with Gasteiger partial charge in [0.2, 0.25) is 10.0 Å². The lowest BCUT2D eigenvalue weighted by Gasteiger charge is -2.21. The molecular weight excluding hydrogens is 294 g/mol. The summed E-state index contributed by atoms with van der Waals surface area (Å²) in [4.78, 5) is 4.37. The van der Waals surface area contributed by atoms with Crippen LogP contribution in [0.5, 0.6) is 0 Å². The van der Waals surface area contributed by atoms with Gasteiger partial charge in [-0.1, -0.05) is 0 Å². The van der Waals surface area contributed by atoms with Crippen LogP contribution in [0, 0.1) is 6.92 Å². The van der Waals surface area contributed by atoms with E-state index >= 15 is 0 Å². The summed E-state index contributed by atoms with van der Waals surface area (Å²) in [5, 5.41) is 0. The summed E-state index contributed by atoms with van der Waals surface area (Å²) in [5.74, 6) is 0. The van der Waals surface area contributed by atoms with Crippen molar-refractivity contribution in [2.75, 3.05) is 19.6 Å². The van der Waals surface area contributed by atoms with E-state index in [0.717, 1.165) is 29.4 Å². The Hall–Kier alpha value is -0.470. The Kier molecular flexibility index (Phi) is 5.19. The molecule has 1 atom stereocenters. The smallest absolute Gasteiger partial charge is 0.241 e. The largest absolute Gasteiger partial charge is 0.326 e. The molecule has 20 heavy (non-hydrogen) atoms. The number of sulfonamides is 1. The van der Waals surface area contributed by atoms with Crippen LogP contribution in [0.15, 0.2) is 11.0 Å². The van der Waals surface area contributed by atoms with Gasteiger partial charge in [0.25, 0.3) is 0 Å². The Morgan fingerprint density at radius 2 is 2.10 bits per heavy atom. The number of nitrogens with one attached hydrogen (secondary N) is 1. The minimum atomic E-state index is -3.44. The molecule has 2 heterocycles. The summed E-state index contributed by atoms with van der Waals surface area (Å²) in [7, 11) is -3.44. The number of hydrogen-bond donors (Lipinski definition) is 2. The van der Waals surface area contributed by atoms with Gasteiger partial charge in [-0.2, -0.15) is 0 Å². The van der Waals surface area contributed by atoms with E-state index in [9.17, 15) is 8.42 Å². The van der Waals surface area contributed by atoms with Gasteiger partial charge >= 0.3 is 0 Å². The van der Waals surface area contributed by atoms with Gasteiger partial charge in [-0.25, -0.2) is 13.1 Å². The van der Waals surface area contributed by atoms with Crippen molar-refractivity contribution in [3.8, 4) is 0 Å². The van der Waals surface area contributed by atoms with Crippen molar-refractivity contribution in [2.45, 2.75) is 44.2 Å². The number of nitrogens with two attached hydrogens (primary N) is 1. The summed E-state index contributed by atoms with van der Waals surface area (Å²) >= 11 is 1.45. The van der Waals surface area contributed by atoms with E-state index in [-0.39, 0.29) is 6.04 Å². The summed E-state index contributed by atoms with van der Waals surface area (Å²) in [5.41, 5.74) is 5.57. The molecule has 1 fully saturated rings. The van der Waals surface area contributed by atoms with E-state index < -0.39 is 10.0 Å². The molecule has 1 aliphatic rings. The average molecular weight is 317 g/mol. The Bertz CT molecular complexity index is 548. The number of likely N-dealkylation sites (tertiary alicyclic amines) is 1. The summed E-state index contributed by atoms with van der Waals surface area (Å²) in [6.07, 6.45) is 2.42. The maximum Gasteiger partial charge on any atom is 0.241 e. The molecule has 0 saturated carbocycles. The van der Waals surface area contributed by atoms with Gasteiger partial charge in [-0.3, -0.25) is 0 Å². The molecule has 7 heteroatoms. The number of nitrogens with zero attached hydrogens (tertiary/aromatic N) is 1. The van der Waals surface area contributed by atoms with Crippen molar-refractivity contribution in [2.24, 2.45) is 5.73 Å². The zero-order chi connectivity index (χ0) is 14.8. The average Bonchev–Trinajstić information content (AvgIpc) is 2.97. The predicted molar refractivity (Wildman–Crippen MR) is 82.4 cm³/mol. The Morgan fingerprint density at radius 1 is 1.45 bits per heavy atom. The van der Waals surface area contributed by atoms with E-state index in [1.165, 1.54) is 24.2 Å². The zero-order valence-electron chi connectivity index (χ0n) is 12.1. The molecule has 5 nitrogen and oxygen atoms in total. The lowest BCUT2D eigenvalue weighted by molar-refractivity contribution is 0.313. The molecule has 0 spiro atoms. The molecule has 0 radical (unpaired) electrons. The third-order valence-corrected chi connectivity index (χ3v) is 6.42. The van der Waals surface area contributed by atoms with Crippen molar-refractivity contribution in [1.29, 1.82) is 0 Å². The van der Waals surface area contributed by atoms with Crippen LogP contribution in [0.4, 0.5) is 0 Å². The predicted octanol–water partition coefficient (Wildman–Crippen LogP) is 1.28. The molecule has 0 bridgehead atoms. The van der Waals surface area contributed by atoms with Crippen LogP contribution in [0.2, 0.25) is 0 Å². The van der Waals surface area contributed by atoms with Crippen LogP contribution < -0.4 is 10.5 Å². The maximum atomic E-state index is 12.4. The molecule has 0 aromatic carbocycles. The van der Waals surface area contributed by atoms with Crippen molar-refractivity contribution in [3.63, 3.8) is 0 Å². The van der Waals surface area contributed by atoms with Gasteiger partial charge in [-0.05, 0) is 45.8 Å². The van der Waals surface area contributed by atoms with Crippen LogP contribution in [-0.2, 0) is 16.6 Å². The molecule has 1 saturated heterocycles. The number of hydrogen-bond acceptors (Lipinski definition) is 5. The first-order valence-electron chi connectivity index (χ1n) is 6.96. The van der Waals surface area contributed by atoms with E-state index in [0.29, 0.717) is 11.4 Å². The third kappa shape index (κ3) is 3.79. The Labute approximate surface area is 125 Å². The molecule has 1 unspecified atom stereocenters. The second-order valence-corrected chi connectivity index (χ2v) is 8.39. The lowest BCUT2D eigenvalue weighted by Crippen LogP contribution is -2.41. The second kappa shape index (κ2) is 6.53. The maximum absolute atomic E-state index is 12.4. The van der Waals surface area contributed by atoms with Gasteiger partial charge in [0.15, 0.2) is 0 Å². The molecule has 0 amide bonds.